The van der Waals surface area contributed by atoms with Crippen LogP contribution in [-0.4, -0.2) is 85.9 Å². The number of piperazine rings is 1. The van der Waals surface area contributed by atoms with Gasteiger partial charge in [-0.3, -0.25) is 14.4 Å². The van der Waals surface area contributed by atoms with E-state index in [-0.39, 0.29) is 23.6 Å². The molecule has 0 unspecified atom stereocenters. The fourth-order valence-corrected chi connectivity index (χ4v) is 4.96. The van der Waals surface area contributed by atoms with Crippen LogP contribution in [0.4, 0.5) is 0 Å². The summed E-state index contributed by atoms with van der Waals surface area (Å²) in [5, 5.41) is 0. The molecule has 0 radical (unpaired) electrons. The van der Waals surface area contributed by atoms with Gasteiger partial charge in [0.15, 0.2) is 0 Å². The molecule has 8 heteroatoms. The zero-order chi connectivity index (χ0) is 25.5. The summed E-state index contributed by atoms with van der Waals surface area (Å²) in [7, 11) is 3.10. The Bertz CT molecular complexity index is 1060. The number of rotatable bonds is 7. The van der Waals surface area contributed by atoms with Gasteiger partial charge in [-0.05, 0) is 37.0 Å². The minimum Gasteiger partial charge on any atom is -0.497 e. The fourth-order valence-electron chi connectivity index (χ4n) is 4.96. The molecule has 0 aromatic heterocycles. The molecule has 4 rings (SSSR count). The van der Waals surface area contributed by atoms with Gasteiger partial charge in [0.25, 0.3) is 5.91 Å². The largest absolute Gasteiger partial charge is 0.497 e. The molecule has 0 atom stereocenters. The van der Waals surface area contributed by atoms with Crippen LogP contribution in [0, 0.1) is 5.92 Å². The van der Waals surface area contributed by atoms with Crippen molar-refractivity contribution in [2.24, 2.45) is 5.92 Å². The molecule has 2 heterocycles. The molecule has 36 heavy (non-hydrogen) atoms. The van der Waals surface area contributed by atoms with Crippen molar-refractivity contribution in [3.05, 3.63) is 59.7 Å². The maximum Gasteiger partial charge on any atom is 0.257 e. The minimum absolute atomic E-state index is 0.0629. The highest BCUT2D eigenvalue weighted by atomic mass is 16.5. The maximum atomic E-state index is 13.1. The number of ether oxygens (including phenoxy) is 2. The molecule has 2 aromatic carbocycles. The number of hydrogen-bond acceptors (Lipinski definition) is 5. The van der Waals surface area contributed by atoms with E-state index in [1.807, 2.05) is 40.1 Å². The molecule has 2 aliphatic rings. The molecule has 2 aromatic rings. The van der Waals surface area contributed by atoms with E-state index in [0.717, 1.165) is 6.42 Å². The second-order valence-electron chi connectivity index (χ2n) is 9.32. The lowest BCUT2D eigenvalue weighted by Gasteiger charge is -2.38. The van der Waals surface area contributed by atoms with Crippen LogP contribution >= 0.6 is 0 Å². The number of carbonyl (C=O) groups is 3. The number of piperidine rings is 1. The number of amides is 3. The highest BCUT2D eigenvalue weighted by Crippen LogP contribution is 2.27. The Hall–Kier alpha value is -3.55. The predicted octanol–water partition coefficient (Wildman–Crippen LogP) is 2.86. The molecule has 0 N–H and O–H groups in total. The average Bonchev–Trinajstić information content (AvgIpc) is 2.95. The molecular formula is C28H35N3O5. The zero-order valence-electron chi connectivity index (χ0n) is 21.2. The van der Waals surface area contributed by atoms with Gasteiger partial charge in [0.1, 0.15) is 11.5 Å². The molecule has 2 aliphatic heterocycles. The van der Waals surface area contributed by atoms with Gasteiger partial charge in [0.2, 0.25) is 11.8 Å². The lowest BCUT2D eigenvalue weighted by molar-refractivity contribution is -0.141. The average molecular weight is 494 g/mol. The third-order valence-electron chi connectivity index (χ3n) is 7.18. The summed E-state index contributed by atoms with van der Waals surface area (Å²) in [6, 6.07) is 15.2. The van der Waals surface area contributed by atoms with Gasteiger partial charge in [0.05, 0.1) is 19.8 Å². The number of likely N-dealkylation sites (tertiary alicyclic amines) is 1. The second-order valence-corrected chi connectivity index (χ2v) is 9.32. The van der Waals surface area contributed by atoms with Crippen LogP contribution in [0.3, 0.4) is 0 Å². The maximum absolute atomic E-state index is 13.1. The highest BCUT2D eigenvalue weighted by Gasteiger charge is 2.33. The van der Waals surface area contributed by atoms with Crippen LogP contribution in [0.5, 0.6) is 11.5 Å². The van der Waals surface area contributed by atoms with E-state index in [0.29, 0.717) is 75.6 Å². The van der Waals surface area contributed by atoms with Gasteiger partial charge >= 0.3 is 0 Å². The highest BCUT2D eigenvalue weighted by molar-refractivity contribution is 5.97. The van der Waals surface area contributed by atoms with E-state index in [4.69, 9.17) is 9.47 Å². The molecule has 0 spiro atoms. The third kappa shape index (κ3) is 5.98. The van der Waals surface area contributed by atoms with Crippen LogP contribution in [0.15, 0.2) is 48.5 Å². The van der Waals surface area contributed by atoms with E-state index in [1.165, 1.54) is 12.7 Å². The van der Waals surface area contributed by atoms with Crippen molar-refractivity contribution in [2.45, 2.75) is 25.7 Å². The van der Waals surface area contributed by atoms with Crippen molar-refractivity contribution in [3.8, 4) is 11.5 Å². The summed E-state index contributed by atoms with van der Waals surface area (Å²) >= 11 is 0. The van der Waals surface area contributed by atoms with Crippen molar-refractivity contribution < 1.29 is 23.9 Å². The molecule has 3 amide bonds. The molecule has 0 bridgehead atoms. The molecule has 2 saturated heterocycles. The quantitative estimate of drug-likeness (QED) is 0.593. The fraction of sp³-hybridized carbons (Fsp3) is 0.464. The minimum atomic E-state index is -0.107. The number of carbonyl (C=O) groups excluding carboxylic acids is 3. The molecule has 2 fully saturated rings. The van der Waals surface area contributed by atoms with Crippen LogP contribution < -0.4 is 9.47 Å². The van der Waals surface area contributed by atoms with Gasteiger partial charge in [-0.25, -0.2) is 0 Å². The predicted molar refractivity (Wildman–Crippen MR) is 136 cm³/mol. The first-order valence-electron chi connectivity index (χ1n) is 12.6. The van der Waals surface area contributed by atoms with Gasteiger partial charge in [-0.2, -0.15) is 0 Å². The molecule has 192 valence electrons. The van der Waals surface area contributed by atoms with Crippen LogP contribution in [-0.2, 0) is 16.0 Å². The SMILES string of the molecule is COc1ccc(C(=O)N2CCN(C(=O)C3CCN(C(=O)CCc4ccccc4)CC3)CC2)c(OC)c1. The van der Waals surface area contributed by atoms with Gasteiger partial charge in [-0.1, -0.05) is 30.3 Å². The lowest BCUT2D eigenvalue weighted by Crippen LogP contribution is -2.53. The Morgan fingerprint density at radius 1 is 0.806 bits per heavy atom. The molecule has 8 nitrogen and oxygen atoms in total. The number of hydrogen-bond donors (Lipinski definition) is 0. The number of methoxy groups -OCH3 is 2. The van der Waals surface area contributed by atoms with Gasteiger partial charge < -0.3 is 24.2 Å². The van der Waals surface area contributed by atoms with Crippen LogP contribution in [0.25, 0.3) is 0 Å². The molecule has 0 aliphatic carbocycles. The number of benzene rings is 2. The Labute approximate surface area is 212 Å². The monoisotopic (exact) mass is 493 g/mol. The van der Waals surface area contributed by atoms with E-state index in [9.17, 15) is 14.4 Å². The first-order chi connectivity index (χ1) is 17.5. The summed E-state index contributed by atoms with van der Waals surface area (Å²) in [6.07, 6.45) is 2.62. The standard InChI is InChI=1S/C28H35N3O5/c1-35-23-9-10-24(25(20-23)36-2)28(34)31-18-16-30(17-19-31)27(33)22-12-14-29(15-13-22)26(32)11-8-21-6-4-3-5-7-21/h3-7,9-10,20,22H,8,11-19H2,1-2H3. The van der Waals surface area contributed by atoms with Gasteiger partial charge in [-0.15, -0.1) is 0 Å². The zero-order valence-corrected chi connectivity index (χ0v) is 21.2. The van der Waals surface area contributed by atoms with Crippen molar-refractivity contribution >= 4 is 17.7 Å². The Morgan fingerprint density at radius 3 is 2.11 bits per heavy atom. The summed E-state index contributed by atoms with van der Waals surface area (Å²) in [5.41, 5.74) is 1.65. The number of aryl methyl sites for hydroxylation is 1. The van der Waals surface area contributed by atoms with Crippen molar-refractivity contribution in [1.82, 2.24) is 14.7 Å². The smallest absolute Gasteiger partial charge is 0.257 e. The van der Waals surface area contributed by atoms with E-state index < -0.39 is 0 Å². The molecular weight excluding hydrogens is 458 g/mol. The summed E-state index contributed by atoms with van der Waals surface area (Å²) in [6.45, 7) is 3.24. The summed E-state index contributed by atoms with van der Waals surface area (Å²) in [5.74, 6) is 1.23. The first-order valence-corrected chi connectivity index (χ1v) is 12.6. The number of nitrogens with zero attached hydrogens (tertiary/aromatic N) is 3. The van der Waals surface area contributed by atoms with Gasteiger partial charge in [0, 0.05) is 57.7 Å². The van der Waals surface area contributed by atoms with E-state index in [2.05, 4.69) is 0 Å². The first kappa shape index (κ1) is 25.5. The Kier molecular flexibility index (Phi) is 8.46. The van der Waals surface area contributed by atoms with Crippen molar-refractivity contribution in [3.63, 3.8) is 0 Å². The van der Waals surface area contributed by atoms with Crippen LogP contribution in [0.2, 0.25) is 0 Å². The van der Waals surface area contributed by atoms with Crippen LogP contribution in [0.1, 0.15) is 35.2 Å². The summed E-state index contributed by atoms with van der Waals surface area (Å²) in [4.78, 5) is 44.4. The topological polar surface area (TPSA) is 79.4 Å². The third-order valence-corrected chi connectivity index (χ3v) is 7.18. The van der Waals surface area contributed by atoms with E-state index >= 15 is 0 Å². The Morgan fingerprint density at radius 2 is 1.47 bits per heavy atom. The van der Waals surface area contributed by atoms with Crippen molar-refractivity contribution in [2.75, 3.05) is 53.5 Å². The van der Waals surface area contributed by atoms with E-state index in [1.54, 1.807) is 30.2 Å². The van der Waals surface area contributed by atoms with Crippen molar-refractivity contribution in [1.29, 1.82) is 0 Å². The Balaban J connectivity index is 1.23. The normalized spacial score (nSPS) is 16.6. The lowest BCUT2D eigenvalue weighted by atomic mass is 9.94. The second kappa shape index (κ2) is 11.9. The molecule has 0 saturated carbocycles. The summed E-state index contributed by atoms with van der Waals surface area (Å²) < 4.78 is 10.6.